The molecule has 0 rings (SSSR count). The third kappa shape index (κ3) is 32.2. The van der Waals surface area contributed by atoms with Crippen molar-refractivity contribution in [1.29, 1.82) is 0 Å². The number of unbranched alkanes of at least 4 members (excludes halogenated alkanes) is 22. The molecule has 0 aliphatic heterocycles. The number of nitrogens with one attached hydrogen (secondary N) is 1. The van der Waals surface area contributed by atoms with E-state index in [0.29, 0.717) is 6.42 Å². The summed E-state index contributed by atoms with van der Waals surface area (Å²) in [7, 11) is -4.38. The van der Waals surface area contributed by atoms with E-state index < -0.39 is 38.6 Å². The number of carbonyl (C=O) groups excluding carboxylic acids is 1. The topological polar surface area (TPSA) is 151 Å². The summed E-state index contributed by atoms with van der Waals surface area (Å²) in [6, 6.07) is -0.975. The molecule has 0 saturated carbocycles. The molecule has 6 N–H and O–H groups in total. The van der Waals surface area contributed by atoms with Gasteiger partial charge in [-0.2, -0.15) is 0 Å². The number of aliphatic hydroxyl groups is 2. The molecule has 0 aliphatic carbocycles. The SMILES string of the molecule is CCCCCCCCCCCCCCCCCC/C=C/C(O)C(COP(=O)(O)OCCN)NC(=O)CC(O)CCCCCCCCC. The smallest absolute Gasteiger partial charge is 0.393 e. The highest BCUT2D eigenvalue weighted by Crippen LogP contribution is 2.43. The maximum Gasteiger partial charge on any atom is 0.472 e. The Morgan fingerprint density at radius 2 is 1.17 bits per heavy atom. The first kappa shape index (κ1) is 46.2. The van der Waals surface area contributed by atoms with Gasteiger partial charge in [0.05, 0.1) is 37.9 Å². The van der Waals surface area contributed by atoms with Gasteiger partial charge in [-0.05, 0) is 19.3 Å². The highest BCUT2D eigenvalue weighted by molar-refractivity contribution is 7.47. The summed E-state index contributed by atoms with van der Waals surface area (Å²) in [6.07, 6.45) is 31.7. The van der Waals surface area contributed by atoms with Gasteiger partial charge in [0.1, 0.15) is 0 Å². The van der Waals surface area contributed by atoms with Crippen molar-refractivity contribution in [2.24, 2.45) is 5.73 Å². The molecular weight excluding hydrogens is 615 g/mol. The summed E-state index contributed by atoms with van der Waals surface area (Å²) >= 11 is 0. The molecular formula is C37H75N2O7P. The number of hydrogen-bond donors (Lipinski definition) is 5. The van der Waals surface area contributed by atoms with E-state index in [1.807, 2.05) is 6.08 Å². The molecule has 47 heavy (non-hydrogen) atoms. The molecule has 0 aromatic rings. The number of hydrogen-bond acceptors (Lipinski definition) is 7. The van der Waals surface area contributed by atoms with Crippen LogP contribution in [0.25, 0.3) is 0 Å². The van der Waals surface area contributed by atoms with Gasteiger partial charge in [0.25, 0.3) is 0 Å². The normalized spacial score (nSPS) is 15.1. The first-order valence-electron chi connectivity index (χ1n) is 19.4. The Hall–Kier alpha value is -0.800. The number of aliphatic hydroxyl groups excluding tert-OH is 2. The van der Waals surface area contributed by atoms with Crippen LogP contribution < -0.4 is 11.1 Å². The highest BCUT2D eigenvalue weighted by atomic mass is 31.2. The summed E-state index contributed by atoms with van der Waals surface area (Å²) < 4.78 is 21.9. The monoisotopic (exact) mass is 691 g/mol. The second-order valence-corrected chi connectivity index (χ2v) is 14.8. The number of rotatable bonds is 36. The van der Waals surface area contributed by atoms with Crippen molar-refractivity contribution in [2.75, 3.05) is 19.8 Å². The van der Waals surface area contributed by atoms with Crippen LogP contribution in [-0.4, -0.2) is 59.0 Å². The van der Waals surface area contributed by atoms with Gasteiger partial charge in [-0.15, -0.1) is 0 Å². The molecule has 280 valence electrons. The van der Waals surface area contributed by atoms with E-state index in [9.17, 15) is 24.5 Å². The number of allylic oxidation sites excluding steroid dienone is 1. The van der Waals surface area contributed by atoms with Crippen molar-refractivity contribution >= 4 is 13.7 Å². The molecule has 9 nitrogen and oxygen atoms in total. The van der Waals surface area contributed by atoms with Crippen LogP contribution in [0.4, 0.5) is 0 Å². The molecule has 1 amide bonds. The maximum atomic E-state index is 12.7. The summed E-state index contributed by atoms with van der Waals surface area (Å²) in [5, 5.41) is 23.8. The Morgan fingerprint density at radius 1 is 0.723 bits per heavy atom. The van der Waals surface area contributed by atoms with Crippen molar-refractivity contribution in [3.05, 3.63) is 12.2 Å². The maximum absolute atomic E-state index is 12.7. The van der Waals surface area contributed by atoms with Gasteiger partial charge in [0.2, 0.25) is 5.91 Å². The van der Waals surface area contributed by atoms with E-state index in [2.05, 4.69) is 19.2 Å². The van der Waals surface area contributed by atoms with E-state index in [0.717, 1.165) is 38.5 Å². The van der Waals surface area contributed by atoms with Crippen molar-refractivity contribution in [3.63, 3.8) is 0 Å². The molecule has 0 aromatic carbocycles. The van der Waals surface area contributed by atoms with Crippen molar-refractivity contribution < 1.29 is 33.5 Å². The van der Waals surface area contributed by atoms with Gasteiger partial charge in [0, 0.05) is 6.54 Å². The Bertz CT molecular complexity index is 771. The van der Waals surface area contributed by atoms with Crippen LogP contribution in [0.1, 0.15) is 181 Å². The molecule has 0 bridgehead atoms. The minimum absolute atomic E-state index is 0.0510. The molecule has 10 heteroatoms. The predicted molar refractivity (Wildman–Crippen MR) is 195 cm³/mol. The standard InChI is InChI=1S/C37H75N2O7P/c1-3-5-7-9-11-12-13-14-15-16-17-18-19-20-21-23-25-27-29-36(41)35(33-46-47(43,44)45-31-30-38)39-37(42)32-34(40)28-26-24-22-10-8-6-4-2/h27,29,34-36,40-41H,3-26,28,30-33,38H2,1-2H3,(H,39,42)(H,43,44)/b29-27+. The number of phosphoric acid groups is 1. The van der Waals surface area contributed by atoms with E-state index in [1.165, 1.54) is 116 Å². The van der Waals surface area contributed by atoms with Gasteiger partial charge in [0.15, 0.2) is 0 Å². The lowest BCUT2D eigenvalue weighted by Gasteiger charge is -2.24. The van der Waals surface area contributed by atoms with Crippen LogP contribution in [0.5, 0.6) is 0 Å². The summed E-state index contributed by atoms with van der Waals surface area (Å²) in [4.78, 5) is 22.6. The van der Waals surface area contributed by atoms with Gasteiger partial charge >= 0.3 is 7.82 Å². The second kappa shape index (κ2) is 33.7. The fourth-order valence-electron chi connectivity index (χ4n) is 5.70. The lowest BCUT2D eigenvalue weighted by molar-refractivity contribution is -0.124. The molecule has 0 aliphatic rings. The van der Waals surface area contributed by atoms with Crippen LogP contribution in [0.15, 0.2) is 12.2 Å². The number of amides is 1. The minimum Gasteiger partial charge on any atom is -0.393 e. The molecule has 0 fully saturated rings. The Balaban J connectivity index is 4.33. The molecule has 0 aromatic heterocycles. The lowest BCUT2D eigenvalue weighted by Crippen LogP contribution is -2.46. The third-order valence-electron chi connectivity index (χ3n) is 8.67. The fourth-order valence-corrected chi connectivity index (χ4v) is 6.46. The molecule has 4 unspecified atom stereocenters. The van der Waals surface area contributed by atoms with E-state index in [-0.39, 0.29) is 19.6 Å². The first-order valence-corrected chi connectivity index (χ1v) is 20.9. The van der Waals surface area contributed by atoms with Crippen molar-refractivity contribution in [3.8, 4) is 0 Å². The number of phosphoric ester groups is 1. The largest absolute Gasteiger partial charge is 0.472 e. The summed E-state index contributed by atoms with van der Waals surface area (Å²) in [5.41, 5.74) is 5.34. The van der Waals surface area contributed by atoms with Crippen LogP contribution in [0.3, 0.4) is 0 Å². The average Bonchev–Trinajstić information content (AvgIpc) is 3.04. The zero-order chi connectivity index (χ0) is 34.9. The second-order valence-electron chi connectivity index (χ2n) is 13.3. The predicted octanol–water partition coefficient (Wildman–Crippen LogP) is 9.02. The van der Waals surface area contributed by atoms with Gasteiger partial charge in [-0.25, -0.2) is 4.57 Å². The molecule has 0 saturated heterocycles. The van der Waals surface area contributed by atoms with Crippen molar-refractivity contribution in [2.45, 2.75) is 199 Å². The Morgan fingerprint density at radius 3 is 1.64 bits per heavy atom. The Kier molecular flexibility index (Phi) is 33.1. The van der Waals surface area contributed by atoms with E-state index in [1.54, 1.807) is 6.08 Å². The fraction of sp³-hybridized carbons (Fsp3) is 0.919. The zero-order valence-corrected chi connectivity index (χ0v) is 31.3. The van der Waals surface area contributed by atoms with Gasteiger partial charge in [-0.1, -0.05) is 167 Å². The minimum atomic E-state index is -4.38. The molecule has 0 radical (unpaired) electrons. The highest BCUT2D eigenvalue weighted by Gasteiger charge is 2.27. The van der Waals surface area contributed by atoms with Crippen LogP contribution >= 0.6 is 7.82 Å². The molecule has 0 heterocycles. The third-order valence-corrected chi connectivity index (χ3v) is 9.65. The van der Waals surface area contributed by atoms with Gasteiger partial charge in [-0.3, -0.25) is 13.8 Å². The van der Waals surface area contributed by atoms with Gasteiger partial charge < -0.3 is 26.2 Å². The average molecular weight is 691 g/mol. The lowest BCUT2D eigenvalue weighted by atomic mass is 10.0. The van der Waals surface area contributed by atoms with Crippen LogP contribution in [0, 0.1) is 0 Å². The molecule has 4 atom stereocenters. The van der Waals surface area contributed by atoms with Crippen molar-refractivity contribution in [1.82, 2.24) is 5.32 Å². The summed E-state index contributed by atoms with van der Waals surface area (Å²) in [6.45, 7) is 3.92. The van der Waals surface area contributed by atoms with E-state index >= 15 is 0 Å². The number of carbonyl (C=O) groups is 1. The van der Waals surface area contributed by atoms with Crippen LogP contribution in [0.2, 0.25) is 0 Å². The van der Waals surface area contributed by atoms with E-state index in [4.69, 9.17) is 14.8 Å². The molecule has 0 spiro atoms. The summed E-state index contributed by atoms with van der Waals surface area (Å²) in [5.74, 6) is -0.449. The zero-order valence-electron chi connectivity index (χ0n) is 30.4. The van der Waals surface area contributed by atoms with Crippen LogP contribution in [-0.2, 0) is 18.4 Å². The number of nitrogens with two attached hydrogens (primary N) is 1. The quantitative estimate of drug-likeness (QED) is 0.0248. The Labute approximate surface area is 288 Å². The first-order chi connectivity index (χ1) is 22.8.